The quantitative estimate of drug-likeness (QED) is 0.355. The molecular formula is C21H18ClN3O5. The first-order valence-electron chi connectivity index (χ1n) is 8.93. The molecule has 0 spiro atoms. The molecule has 0 bridgehead atoms. The molecule has 0 aliphatic carbocycles. The van der Waals surface area contributed by atoms with E-state index in [2.05, 4.69) is 5.32 Å². The van der Waals surface area contributed by atoms with E-state index in [4.69, 9.17) is 16.3 Å². The van der Waals surface area contributed by atoms with E-state index in [0.717, 1.165) is 17.4 Å². The maximum atomic E-state index is 12.5. The molecule has 0 fully saturated rings. The van der Waals surface area contributed by atoms with Crippen LogP contribution < -0.4 is 5.32 Å². The lowest BCUT2D eigenvalue weighted by atomic mass is 10.2. The Bertz CT molecular complexity index is 1130. The van der Waals surface area contributed by atoms with Crippen molar-refractivity contribution in [2.45, 2.75) is 13.8 Å². The number of nitro benzene ring substituents is 1. The average molecular weight is 428 g/mol. The number of amides is 1. The molecule has 0 saturated carbocycles. The molecule has 1 amide bonds. The Balaban J connectivity index is 1.66. The van der Waals surface area contributed by atoms with Crippen LogP contribution in [0.15, 0.2) is 54.6 Å². The monoisotopic (exact) mass is 427 g/mol. The number of benzene rings is 2. The first-order chi connectivity index (χ1) is 14.3. The van der Waals surface area contributed by atoms with Crippen LogP contribution in [0.4, 0.5) is 11.4 Å². The van der Waals surface area contributed by atoms with Crippen molar-refractivity contribution < 1.29 is 19.2 Å². The molecule has 2 aromatic carbocycles. The topological polar surface area (TPSA) is 103 Å². The summed E-state index contributed by atoms with van der Waals surface area (Å²) < 4.78 is 7.06. The Morgan fingerprint density at radius 2 is 1.83 bits per heavy atom. The van der Waals surface area contributed by atoms with Crippen LogP contribution >= 0.6 is 11.6 Å². The summed E-state index contributed by atoms with van der Waals surface area (Å²) in [6.07, 6.45) is 0. The van der Waals surface area contributed by atoms with Gasteiger partial charge in [0.15, 0.2) is 6.61 Å². The van der Waals surface area contributed by atoms with Gasteiger partial charge < -0.3 is 14.6 Å². The molecule has 1 aromatic heterocycles. The third-order valence-corrected chi connectivity index (χ3v) is 4.75. The first-order valence-corrected chi connectivity index (χ1v) is 9.31. The number of rotatable bonds is 6. The third kappa shape index (κ3) is 4.49. The van der Waals surface area contributed by atoms with Gasteiger partial charge in [-0.25, -0.2) is 4.79 Å². The van der Waals surface area contributed by atoms with E-state index in [-0.39, 0.29) is 16.4 Å². The number of hydrogen-bond donors (Lipinski definition) is 1. The van der Waals surface area contributed by atoms with Crippen LogP contribution in [0, 0.1) is 24.0 Å². The van der Waals surface area contributed by atoms with E-state index in [9.17, 15) is 19.7 Å². The Morgan fingerprint density at radius 1 is 1.13 bits per heavy atom. The normalized spacial score (nSPS) is 10.5. The van der Waals surface area contributed by atoms with Gasteiger partial charge in [0, 0.05) is 29.2 Å². The maximum Gasteiger partial charge on any atom is 0.340 e. The highest BCUT2D eigenvalue weighted by molar-refractivity contribution is 6.34. The smallest absolute Gasteiger partial charge is 0.340 e. The first kappa shape index (κ1) is 21.1. The number of aryl methyl sites for hydroxylation is 1. The van der Waals surface area contributed by atoms with Gasteiger partial charge in [0.05, 0.1) is 21.2 Å². The zero-order valence-corrected chi connectivity index (χ0v) is 17.0. The number of para-hydroxylation sites is 1. The van der Waals surface area contributed by atoms with Gasteiger partial charge in [0.2, 0.25) is 0 Å². The summed E-state index contributed by atoms with van der Waals surface area (Å²) in [4.78, 5) is 34.8. The number of nitro groups is 1. The van der Waals surface area contributed by atoms with Crippen LogP contribution in [0.3, 0.4) is 0 Å². The number of carbonyl (C=O) groups is 2. The number of carbonyl (C=O) groups excluding carboxylic acids is 2. The highest BCUT2D eigenvalue weighted by Gasteiger charge is 2.19. The minimum absolute atomic E-state index is 0.00952. The Hall–Kier alpha value is -3.65. The molecular weight excluding hydrogens is 410 g/mol. The fourth-order valence-corrected chi connectivity index (χ4v) is 3.28. The summed E-state index contributed by atoms with van der Waals surface area (Å²) in [7, 11) is 0. The second kappa shape index (κ2) is 8.79. The largest absolute Gasteiger partial charge is 0.452 e. The van der Waals surface area contributed by atoms with Crippen molar-refractivity contribution in [3.05, 3.63) is 86.7 Å². The molecule has 0 radical (unpaired) electrons. The molecule has 8 nitrogen and oxygen atoms in total. The van der Waals surface area contributed by atoms with Crippen molar-refractivity contribution in [1.29, 1.82) is 0 Å². The van der Waals surface area contributed by atoms with E-state index in [1.165, 1.54) is 12.1 Å². The fraction of sp³-hybridized carbons (Fsp3) is 0.143. The molecule has 0 unspecified atom stereocenters. The van der Waals surface area contributed by atoms with Crippen LogP contribution in [0.25, 0.3) is 5.69 Å². The second-order valence-corrected chi connectivity index (χ2v) is 6.91. The van der Waals surface area contributed by atoms with Gasteiger partial charge in [-0.2, -0.15) is 0 Å². The fourth-order valence-electron chi connectivity index (χ4n) is 3.06. The number of non-ortho nitro benzene ring substituents is 1. The number of aromatic nitrogens is 1. The molecule has 30 heavy (non-hydrogen) atoms. The zero-order chi connectivity index (χ0) is 21.8. The van der Waals surface area contributed by atoms with Crippen molar-refractivity contribution in [2.24, 2.45) is 0 Å². The van der Waals surface area contributed by atoms with Crippen molar-refractivity contribution in [1.82, 2.24) is 4.57 Å². The van der Waals surface area contributed by atoms with Crippen molar-refractivity contribution in [3.8, 4) is 5.69 Å². The number of hydrogen-bond acceptors (Lipinski definition) is 5. The molecule has 0 aliphatic rings. The third-order valence-electron chi connectivity index (χ3n) is 4.44. The van der Waals surface area contributed by atoms with Gasteiger partial charge in [-0.15, -0.1) is 0 Å². The predicted octanol–water partition coefficient (Wildman–Crippen LogP) is 4.45. The van der Waals surface area contributed by atoms with E-state index in [1.54, 1.807) is 13.0 Å². The van der Waals surface area contributed by atoms with Crippen LogP contribution in [0.2, 0.25) is 5.02 Å². The number of esters is 1. The lowest BCUT2D eigenvalue weighted by Crippen LogP contribution is -2.21. The number of ether oxygens (including phenoxy) is 1. The van der Waals surface area contributed by atoms with Crippen molar-refractivity contribution in [3.63, 3.8) is 0 Å². The van der Waals surface area contributed by atoms with Gasteiger partial charge in [-0.05, 0) is 38.1 Å². The summed E-state index contributed by atoms with van der Waals surface area (Å²) in [5.74, 6) is -1.24. The van der Waals surface area contributed by atoms with Crippen LogP contribution in [-0.2, 0) is 9.53 Å². The van der Waals surface area contributed by atoms with Gasteiger partial charge >= 0.3 is 5.97 Å². The number of anilines is 1. The minimum atomic E-state index is -0.629. The molecule has 3 rings (SSSR count). The van der Waals surface area contributed by atoms with Crippen molar-refractivity contribution in [2.75, 3.05) is 11.9 Å². The molecule has 1 heterocycles. The van der Waals surface area contributed by atoms with Gasteiger partial charge in [0.1, 0.15) is 0 Å². The van der Waals surface area contributed by atoms with Gasteiger partial charge in [-0.1, -0.05) is 29.8 Å². The Morgan fingerprint density at radius 3 is 2.47 bits per heavy atom. The highest BCUT2D eigenvalue weighted by atomic mass is 35.5. The van der Waals surface area contributed by atoms with E-state index >= 15 is 0 Å². The predicted molar refractivity (Wildman–Crippen MR) is 112 cm³/mol. The van der Waals surface area contributed by atoms with Crippen LogP contribution in [0.1, 0.15) is 21.7 Å². The summed E-state index contributed by atoms with van der Waals surface area (Å²) >= 11 is 5.95. The molecule has 0 saturated heterocycles. The summed E-state index contributed by atoms with van der Waals surface area (Å²) in [5.41, 5.74) is 2.81. The summed E-state index contributed by atoms with van der Waals surface area (Å²) in [5, 5.41) is 13.2. The minimum Gasteiger partial charge on any atom is -0.452 e. The maximum absolute atomic E-state index is 12.5. The molecule has 1 N–H and O–H groups in total. The lowest BCUT2D eigenvalue weighted by Gasteiger charge is -2.10. The Labute approximate surface area is 177 Å². The summed E-state index contributed by atoms with van der Waals surface area (Å²) in [6.45, 7) is 3.15. The molecule has 0 aliphatic heterocycles. The van der Waals surface area contributed by atoms with Crippen LogP contribution in [0.5, 0.6) is 0 Å². The van der Waals surface area contributed by atoms with Crippen LogP contribution in [-0.4, -0.2) is 28.0 Å². The SMILES string of the molecule is Cc1cc(C(=O)OCC(=O)Nc2ccc([N+](=O)[O-])cc2Cl)c(C)n1-c1ccccc1. The number of nitrogens with one attached hydrogen (secondary N) is 1. The number of nitrogens with zero attached hydrogens (tertiary/aromatic N) is 2. The average Bonchev–Trinajstić information content (AvgIpc) is 3.02. The van der Waals surface area contributed by atoms with E-state index in [0.29, 0.717) is 11.3 Å². The molecule has 9 heteroatoms. The van der Waals surface area contributed by atoms with E-state index in [1.807, 2.05) is 41.8 Å². The highest BCUT2D eigenvalue weighted by Crippen LogP contribution is 2.26. The van der Waals surface area contributed by atoms with Crippen molar-refractivity contribution >= 4 is 34.9 Å². The van der Waals surface area contributed by atoms with Gasteiger partial charge in [0.25, 0.3) is 11.6 Å². The molecule has 0 atom stereocenters. The molecule has 154 valence electrons. The molecule has 3 aromatic rings. The Kier molecular flexibility index (Phi) is 6.17. The summed E-state index contributed by atoms with van der Waals surface area (Å²) in [6, 6.07) is 14.9. The van der Waals surface area contributed by atoms with Gasteiger partial charge in [-0.3, -0.25) is 14.9 Å². The zero-order valence-electron chi connectivity index (χ0n) is 16.2. The van der Waals surface area contributed by atoms with E-state index < -0.39 is 23.4 Å². The lowest BCUT2D eigenvalue weighted by molar-refractivity contribution is -0.384. The second-order valence-electron chi connectivity index (χ2n) is 6.50. The number of halogens is 1. The standard InChI is InChI=1S/C21H18ClN3O5/c1-13-10-17(14(2)24(13)15-6-4-3-5-7-15)21(27)30-12-20(26)23-19-9-8-16(25(28)29)11-18(19)22/h3-11H,12H2,1-2H3,(H,23,26).